The molecule has 0 aromatic carbocycles. The monoisotopic (exact) mass is 227 g/mol. The first-order valence-corrected chi connectivity index (χ1v) is 6.59. The number of rotatable bonds is 3. The molecular weight excluding hydrogens is 202 g/mol. The third-order valence-corrected chi connectivity index (χ3v) is 3.14. The minimum Gasteiger partial charge on any atom is -0.447 e. The highest BCUT2D eigenvalue weighted by molar-refractivity contribution is 5.67. The maximum atomic E-state index is 11.7. The highest BCUT2D eigenvalue weighted by atomic mass is 16.6. The van der Waals surface area contributed by atoms with E-state index in [0.29, 0.717) is 0 Å². The van der Waals surface area contributed by atoms with Crippen molar-refractivity contribution < 1.29 is 9.53 Å². The van der Waals surface area contributed by atoms with Gasteiger partial charge in [-0.05, 0) is 39.0 Å². The van der Waals surface area contributed by atoms with Gasteiger partial charge in [-0.15, -0.1) is 0 Å². The van der Waals surface area contributed by atoms with Gasteiger partial charge >= 0.3 is 6.09 Å². The molecule has 3 heteroatoms. The first-order valence-electron chi connectivity index (χ1n) is 6.59. The summed E-state index contributed by atoms with van der Waals surface area (Å²) in [4.78, 5) is 13.6. The van der Waals surface area contributed by atoms with Crippen molar-refractivity contribution in [3.63, 3.8) is 0 Å². The molecule has 0 bridgehead atoms. The second-order valence-electron chi connectivity index (χ2n) is 5.01. The van der Waals surface area contributed by atoms with Gasteiger partial charge in [-0.3, -0.25) is 0 Å². The standard InChI is InChI=1S/C13H25NO2/c1-4-6-12-7-5-9-14(10-8-12)13(15)16-11(2)3/h11-12H,4-10H2,1-3H3. The first-order chi connectivity index (χ1) is 7.63. The molecule has 0 aliphatic carbocycles. The Morgan fingerprint density at radius 1 is 1.38 bits per heavy atom. The maximum absolute atomic E-state index is 11.7. The SMILES string of the molecule is CCCC1CCCN(C(=O)OC(C)C)CC1. The zero-order chi connectivity index (χ0) is 12.0. The lowest BCUT2D eigenvalue weighted by molar-refractivity contribution is 0.0775. The van der Waals surface area contributed by atoms with Gasteiger partial charge in [-0.25, -0.2) is 4.79 Å². The van der Waals surface area contributed by atoms with Gasteiger partial charge in [-0.1, -0.05) is 19.8 Å². The van der Waals surface area contributed by atoms with Crippen LogP contribution in [-0.4, -0.2) is 30.2 Å². The highest BCUT2D eigenvalue weighted by Crippen LogP contribution is 2.22. The topological polar surface area (TPSA) is 29.5 Å². The molecule has 1 rings (SSSR count). The Bertz CT molecular complexity index is 216. The molecule has 0 aromatic rings. The third kappa shape index (κ3) is 4.42. The molecule has 3 nitrogen and oxygen atoms in total. The molecule has 0 N–H and O–H groups in total. The Morgan fingerprint density at radius 3 is 2.75 bits per heavy atom. The summed E-state index contributed by atoms with van der Waals surface area (Å²) in [5, 5.41) is 0. The zero-order valence-corrected chi connectivity index (χ0v) is 10.9. The molecule has 1 amide bonds. The number of hydrogen-bond donors (Lipinski definition) is 0. The van der Waals surface area contributed by atoms with Crippen molar-refractivity contribution in [2.75, 3.05) is 13.1 Å². The molecule has 1 fully saturated rings. The van der Waals surface area contributed by atoms with E-state index in [1.54, 1.807) is 0 Å². The number of carbonyl (C=O) groups excluding carboxylic acids is 1. The minimum absolute atomic E-state index is 0.0119. The van der Waals surface area contributed by atoms with Crippen molar-refractivity contribution in [1.82, 2.24) is 4.90 Å². The smallest absolute Gasteiger partial charge is 0.410 e. The van der Waals surface area contributed by atoms with Gasteiger partial charge in [0, 0.05) is 13.1 Å². The summed E-state index contributed by atoms with van der Waals surface area (Å²) >= 11 is 0. The Labute approximate surface area is 99.1 Å². The Balaban J connectivity index is 2.37. The lowest BCUT2D eigenvalue weighted by Gasteiger charge is -2.21. The van der Waals surface area contributed by atoms with Crippen LogP contribution in [0.4, 0.5) is 4.79 Å². The van der Waals surface area contributed by atoms with E-state index in [1.807, 2.05) is 18.7 Å². The second kappa shape index (κ2) is 6.77. The van der Waals surface area contributed by atoms with Gasteiger partial charge in [0.2, 0.25) is 0 Å². The van der Waals surface area contributed by atoms with Crippen molar-refractivity contribution in [2.24, 2.45) is 5.92 Å². The fourth-order valence-electron chi connectivity index (χ4n) is 2.32. The first kappa shape index (κ1) is 13.3. The van der Waals surface area contributed by atoms with Crippen molar-refractivity contribution in [3.05, 3.63) is 0 Å². The van der Waals surface area contributed by atoms with Crippen molar-refractivity contribution in [2.45, 2.75) is 59.0 Å². The summed E-state index contributed by atoms with van der Waals surface area (Å²) in [6.45, 7) is 7.77. The molecule has 1 aliphatic heterocycles. The molecule has 16 heavy (non-hydrogen) atoms. The summed E-state index contributed by atoms with van der Waals surface area (Å²) in [5.41, 5.74) is 0. The summed E-state index contributed by atoms with van der Waals surface area (Å²) in [6.07, 6.45) is 5.93. The molecule has 1 unspecified atom stereocenters. The van der Waals surface area contributed by atoms with E-state index in [9.17, 15) is 4.79 Å². The average Bonchev–Trinajstić information content (AvgIpc) is 2.43. The lowest BCUT2D eigenvalue weighted by Crippen LogP contribution is -2.34. The molecule has 1 saturated heterocycles. The van der Waals surface area contributed by atoms with Crippen LogP contribution in [0.15, 0.2) is 0 Å². The van der Waals surface area contributed by atoms with Gasteiger partial charge in [-0.2, -0.15) is 0 Å². The molecule has 0 spiro atoms. The van der Waals surface area contributed by atoms with Crippen LogP contribution in [0, 0.1) is 5.92 Å². The number of nitrogens with zero attached hydrogens (tertiary/aromatic N) is 1. The summed E-state index contributed by atoms with van der Waals surface area (Å²) in [5.74, 6) is 0.807. The van der Waals surface area contributed by atoms with E-state index in [2.05, 4.69) is 6.92 Å². The van der Waals surface area contributed by atoms with E-state index >= 15 is 0 Å². The summed E-state index contributed by atoms with van der Waals surface area (Å²) < 4.78 is 5.23. The van der Waals surface area contributed by atoms with E-state index < -0.39 is 0 Å². The molecule has 0 radical (unpaired) electrons. The Morgan fingerprint density at radius 2 is 2.12 bits per heavy atom. The number of ether oxygens (including phenoxy) is 1. The van der Waals surface area contributed by atoms with Gasteiger partial charge in [0.25, 0.3) is 0 Å². The average molecular weight is 227 g/mol. The molecule has 94 valence electrons. The highest BCUT2D eigenvalue weighted by Gasteiger charge is 2.21. The molecule has 1 heterocycles. The fourth-order valence-corrected chi connectivity index (χ4v) is 2.32. The van der Waals surface area contributed by atoms with Gasteiger partial charge in [0.15, 0.2) is 0 Å². The van der Waals surface area contributed by atoms with Gasteiger partial charge in [0.05, 0.1) is 6.10 Å². The molecular formula is C13H25NO2. The number of hydrogen-bond acceptors (Lipinski definition) is 2. The van der Waals surface area contributed by atoms with Crippen LogP contribution >= 0.6 is 0 Å². The molecule has 0 saturated carbocycles. The summed E-state index contributed by atoms with van der Waals surface area (Å²) in [7, 11) is 0. The van der Waals surface area contributed by atoms with Gasteiger partial charge in [0.1, 0.15) is 0 Å². The predicted octanol–water partition coefficient (Wildman–Crippen LogP) is 3.43. The van der Waals surface area contributed by atoms with Crippen LogP contribution in [0.25, 0.3) is 0 Å². The molecule has 0 aromatic heterocycles. The maximum Gasteiger partial charge on any atom is 0.410 e. The third-order valence-electron chi connectivity index (χ3n) is 3.14. The van der Waals surface area contributed by atoms with Crippen molar-refractivity contribution in [3.8, 4) is 0 Å². The number of likely N-dealkylation sites (tertiary alicyclic amines) is 1. The second-order valence-corrected chi connectivity index (χ2v) is 5.01. The number of carbonyl (C=O) groups is 1. The van der Waals surface area contributed by atoms with E-state index in [0.717, 1.165) is 31.8 Å². The van der Waals surface area contributed by atoms with Crippen LogP contribution in [-0.2, 0) is 4.74 Å². The molecule has 1 aliphatic rings. The van der Waals surface area contributed by atoms with Crippen LogP contribution in [0.2, 0.25) is 0 Å². The predicted molar refractivity (Wildman–Crippen MR) is 65.4 cm³/mol. The Hall–Kier alpha value is -0.730. The van der Waals surface area contributed by atoms with E-state index in [1.165, 1.54) is 19.3 Å². The van der Waals surface area contributed by atoms with E-state index in [4.69, 9.17) is 4.74 Å². The van der Waals surface area contributed by atoms with Crippen molar-refractivity contribution >= 4 is 6.09 Å². The van der Waals surface area contributed by atoms with Crippen LogP contribution in [0.3, 0.4) is 0 Å². The van der Waals surface area contributed by atoms with E-state index in [-0.39, 0.29) is 12.2 Å². The fraction of sp³-hybridized carbons (Fsp3) is 0.923. The lowest BCUT2D eigenvalue weighted by atomic mass is 9.96. The Kier molecular flexibility index (Phi) is 5.64. The van der Waals surface area contributed by atoms with Crippen LogP contribution in [0.1, 0.15) is 52.9 Å². The van der Waals surface area contributed by atoms with Gasteiger partial charge < -0.3 is 9.64 Å². The normalized spacial score (nSPS) is 22.0. The molecule has 1 atom stereocenters. The van der Waals surface area contributed by atoms with Crippen molar-refractivity contribution in [1.29, 1.82) is 0 Å². The zero-order valence-electron chi connectivity index (χ0n) is 10.9. The van der Waals surface area contributed by atoms with Crippen LogP contribution in [0.5, 0.6) is 0 Å². The largest absolute Gasteiger partial charge is 0.447 e. The summed E-state index contributed by atoms with van der Waals surface area (Å²) in [6, 6.07) is 0. The quantitative estimate of drug-likeness (QED) is 0.739. The minimum atomic E-state index is -0.132. The number of amides is 1. The van der Waals surface area contributed by atoms with Crippen LogP contribution < -0.4 is 0 Å².